The molecule has 0 N–H and O–H groups in total. The summed E-state index contributed by atoms with van der Waals surface area (Å²) in [5, 5.41) is 4.50. The highest BCUT2D eigenvalue weighted by Gasteiger charge is 2.09. The van der Waals surface area contributed by atoms with E-state index in [4.69, 9.17) is 0 Å². The van der Waals surface area contributed by atoms with Crippen molar-refractivity contribution in [3.63, 3.8) is 0 Å². The van der Waals surface area contributed by atoms with E-state index in [9.17, 15) is 0 Å². The molecule has 0 saturated carbocycles. The summed E-state index contributed by atoms with van der Waals surface area (Å²) in [4.78, 5) is 0. The number of rotatable bonds is 2. The van der Waals surface area contributed by atoms with Crippen molar-refractivity contribution in [1.29, 1.82) is 0 Å². The predicted molar refractivity (Wildman–Crippen MR) is 62.0 cm³/mol. The molecule has 1 aromatic heterocycles. The lowest BCUT2D eigenvalue weighted by Gasteiger charge is -2.12. The van der Waals surface area contributed by atoms with Crippen LogP contribution in [0.2, 0.25) is 0 Å². The minimum Gasteiger partial charge on any atom is -0.265 e. The number of aromatic nitrogens is 2. The van der Waals surface area contributed by atoms with Crippen LogP contribution in [0.25, 0.3) is 0 Å². The molecule has 0 aliphatic heterocycles. The summed E-state index contributed by atoms with van der Waals surface area (Å²) in [6, 6.07) is 10.7. The van der Waals surface area contributed by atoms with Crippen molar-refractivity contribution in [3.05, 3.63) is 53.3 Å². The van der Waals surface area contributed by atoms with Crippen LogP contribution in [-0.4, -0.2) is 9.78 Å². The number of hydrogen-bond acceptors (Lipinski definition) is 1. The number of nitrogens with zero attached hydrogens (tertiary/aromatic N) is 2. The highest BCUT2D eigenvalue weighted by atomic mass is 15.3. The molecule has 2 heteroatoms. The number of hydrogen-bond donors (Lipinski definition) is 0. The SMILES string of the molecule is Cc1cn([C@@H](C)c2ccccc2)nc1C. The largest absolute Gasteiger partial charge is 0.265 e. The summed E-state index contributed by atoms with van der Waals surface area (Å²) in [5.74, 6) is 0. The third-order valence-electron chi connectivity index (χ3n) is 2.84. The van der Waals surface area contributed by atoms with Crippen LogP contribution in [0.5, 0.6) is 0 Å². The molecule has 2 aromatic rings. The summed E-state index contributed by atoms with van der Waals surface area (Å²) in [5.41, 5.74) is 3.65. The van der Waals surface area contributed by atoms with E-state index in [-0.39, 0.29) is 0 Å². The van der Waals surface area contributed by atoms with Crippen molar-refractivity contribution in [1.82, 2.24) is 9.78 Å². The molecule has 0 unspecified atom stereocenters. The van der Waals surface area contributed by atoms with Crippen molar-refractivity contribution in [2.75, 3.05) is 0 Å². The Morgan fingerprint density at radius 3 is 2.33 bits per heavy atom. The van der Waals surface area contributed by atoms with Gasteiger partial charge in [-0.25, -0.2) is 0 Å². The second-order valence-electron chi connectivity index (χ2n) is 3.96. The number of benzene rings is 1. The molecule has 1 atom stereocenters. The van der Waals surface area contributed by atoms with E-state index < -0.39 is 0 Å². The molecule has 0 radical (unpaired) electrons. The van der Waals surface area contributed by atoms with Crippen LogP contribution in [0, 0.1) is 13.8 Å². The van der Waals surface area contributed by atoms with Crippen molar-refractivity contribution in [2.45, 2.75) is 26.8 Å². The van der Waals surface area contributed by atoms with Crippen LogP contribution < -0.4 is 0 Å². The maximum atomic E-state index is 4.50. The van der Waals surface area contributed by atoms with E-state index in [2.05, 4.69) is 49.4 Å². The molecule has 1 heterocycles. The Morgan fingerprint density at radius 1 is 1.13 bits per heavy atom. The predicted octanol–water partition coefficient (Wildman–Crippen LogP) is 3.11. The van der Waals surface area contributed by atoms with Crippen molar-refractivity contribution in [3.8, 4) is 0 Å². The van der Waals surface area contributed by atoms with E-state index in [1.165, 1.54) is 11.1 Å². The van der Waals surface area contributed by atoms with E-state index in [1.54, 1.807) is 0 Å². The quantitative estimate of drug-likeness (QED) is 0.728. The van der Waals surface area contributed by atoms with Gasteiger partial charge in [0.1, 0.15) is 0 Å². The lowest BCUT2D eigenvalue weighted by molar-refractivity contribution is 0.560. The molecular weight excluding hydrogens is 184 g/mol. The Hall–Kier alpha value is -1.57. The molecule has 0 aliphatic rings. The molecule has 78 valence electrons. The highest BCUT2D eigenvalue weighted by molar-refractivity contribution is 5.21. The smallest absolute Gasteiger partial charge is 0.0740 e. The fourth-order valence-corrected chi connectivity index (χ4v) is 1.66. The van der Waals surface area contributed by atoms with Crippen LogP contribution >= 0.6 is 0 Å². The Labute approximate surface area is 90.6 Å². The molecule has 0 fully saturated rings. The van der Waals surface area contributed by atoms with Crippen molar-refractivity contribution >= 4 is 0 Å². The van der Waals surface area contributed by atoms with Gasteiger partial charge in [0.25, 0.3) is 0 Å². The van der Waals surface area contributed by atoms with E-state index >= 15 is 0 Å². The average molecular weight is 200 g/mol. The first-order valence-electron chi connectivity index (χ1n) is 5.26. The standard InChI is InChI=1S/C13H16N2/c1-10-9-15(14-11(10)2)12(3)13-7-5-4-6-8-13/h4-9,12H,1-3H3/t12-/m0/s1. The van der Waals surface area contributed by atoms with Crippen LogP contribution in [0.1, 0.15) is 29.8 Å². The summed E-state index contributed by atoms with van der Waals surface area (Å²) in [7, 11) is 0. The van der Waals surface area contributed by atoms with Gasteiger partial charge in [-0.15, -0.1) is 0 Å². The van der Waals surface area contributed by atoms with Crippen LogP contribution in [0.3, 0.4) is 0 Å². The summed E-state index contributed by atoms with van der Waals surface area (Å²) in [6.07, 6.45) is 2.10. The van der Waals surface area contributed by atoms with Crippen LogP contribution in [-0.2, 0) is 0 Å². The fraction of sp³-hybridized carbons (Fsp3) is 0.308. The zero-order valence-corrected chi connectivity index (χ0v) is 9.44. The van der Waals surface area contributed by atoms with E-state index in [1.807, 2.05) is 17.7 Å². The minimum absolute atomic E-state index is 0.304. The van der Waals surface area contributed by atoms with Gasteiger partial charge in [0.15, 0.2) is 0 Å². The molecule has 0 saturated heterocycles. The second-order valence-corrected chi connectivity index (χ2v) is 3.96. The summed E-state index contributed by atoms with van der Waals surface area (Å²) < 4.78 is 2.03. The molecule has 2 nitrogen and oxygen atoms in total. The van der Waals surface area contributed by atoms with Gasteiger partial charge in [-0.2, -0.15) is 5.10 Å². The lowest BCUT2D eigenvalue weighted by atomic mass is 10.1. The zero-order chi connectivity index (χ0) is 10.8. The van der Waals surface area contributed by atoms with Crippen molar-refractivity contribution < 1.29 is 0 Å². The topological polar surface area (TPSA) is 17.8 Å². The lowest BCUT2D eigenvalue weighted by Crippen LogP contribution is -2.07. The normalized spacial score (nSPS) is 12.7. The van der Waals surface area contributed by atoms with E-state index in [0.29, 0.717) is 6.04 Å². The molecule has 0 aliphatic carbocycles. The highest BCUT2D eigenvalue weighted by Crippen LogP contribution is 2.17. The maximum Gasteiger partial charge on any atom is 0.0740 e. The van der Waals surface area contributed by atoms with Crippen LogP contribution in [0.15, 0.2) is 36.5 Å². The van der Waals surface area contributed by atoms with Crippen molar-refractivity contribution in [2.24, 2.45) is 0 Å². The Kier molecular flexibility index (Phi) is 2.58. The van der Waals surface area contributed by atoms with Gasteiger partial charge in [0, 0.05) is 6.20 Å². The molecule has 15 heavy (non-hydrogen) atoms. The Bertz CT molecular complexity index is 423. The third kappa shape index (κ3) is 1.94. The molecule has 1 aromatic carbocycles. The van der Waals surface area contributed by atoms with Gasteiger partial charge in [0.2, 0.25) is 0 Å². The minimum atomic E-state index is 0.304. The Morgan fingerprint density at radius 2 is 1.80 bits per heavy atom. The van der Waals surface area contributed by atoms with E-state index in [0.717, 1.165) is 5.69 Å². The maximum absolute atomic E-state index is 4.50. The van der Waals surface area contributed by atoms with Gasteiger partial charge in [-0.05, 0) is 31.9 Å². The first kappa shape index (κ1) is 9.97. The second kappa shape index (κ2) is 3.89. The summed E-state index contributed by atoms with van der Waals surface area (Å²) >= 11 is 0. The van der Waals surface area contributed by atoms with Gasteiger partial charge >= 0.3 is 0 Å². The molecule has 0 bridgehead atoms. The first-order valence-corrected chi connectivity index (χ1v) is 5.26. The van der Waals surface area contributed by atoms with Gasteiger partial charge in [0.05, 0.1) is 11.7 Å². The molecular formula is C13H16N2. The van der Waals surface area contributed by atoms with Gasteiger partial charge in [-0.3, -0.25) is 4.68 Å². The third-order valence-corrected chi connectivity index (χ3v) is 2.84. The molecule has 2 rings (SSSR count). The monoisotopic (exact) mass is 200 g/mol. The first-order chi connectivity index (χ1) is 7.18. The number of aryl methyl sites for hydroxylation is 2. The Balaban J connectivity index is 2.32. The molecule has 0 amide bonds. The van der Waals surface area contributed by atoms with Crippen LogP contribution in [0.4, 0.5) is 0 Å². The van der Waals surface area contributed by atoms with Gasteiger partial charge in [-0.1, -0.05) is 30.3 Å². The fourth-order valence-electron chi connectivity index (χ4n) is 1.66. The molecule has 0 spiro atoms. The zero-order valence-electron chi connectivity index (χ0n) is 9.44. The van der Waals surface area contributed by atoms with Gasteiger partial charge < -0.3 is 0 Å². The average Bonchev–Trinajstić information content (AvgIpc) is 2.59. The summed E-state index contributed by atoms with van der Waals surface area (Å²) in [6.45, 7) is 6.31.